The molecule has 0 aliphatic carbocycles. The highest BCUT2D eigenvalue weighted by Gasteiger charge is 2.26. The molecule has 0 aromatic rings. The van der Waals surface area contributed by atoms with E-state index in [9.17, 15) is 4.79 Å². The second-order valence-corrected chi connectivity index (χ2v) is 5.21. The summed E-state index contributed by atoms with van der Waals surface area (Å²) in [4.78, 5) is 17.2. The fourth-order valence-corrected chi connectivity index (χ4v) is 2.33. The van der Waals surface area contributed by atoms with E-state index in [2.05, 4.69) is 23.9 Å². The van der Waals surface area contributed by atoms with Crippen LogP contribution in [0.4, 0.5) is 0 Å². The summed E-state index contributed by atoms with van der Waals surface area (Å²) in [7, 11) is 6.09. The van der Waals surface area contributed by atoms with Crippen molar-refractivity contribution in [2.75, 3.05) is 53.9 Å². The first-order valence-electron chi connectivity index (χ1n) is 6.28. The highest BCUT2D eigenvalue weighted by Crippen LogP contribution is 2.14. The molecule has 5 nitrogen and oxygen atoms in total. The highest BCUT2D eigenvalue weighted by molar-refractivity contribution is 5.69. The van der Waals surface area contributed by atoms with E-state index in [4.69, 9.17) is 5.11 Å². The first-order valence-corrected chi connectivity index (χ1v) is 6.28. The number of likely N-dealkylation sites (tertiary alicyclic amines) is 1. The zero-order valence-electron chi connectivity index (χ0n) is 11.2. The molecular formula is C12H25N3O2. The fourth-order valence-electron chi connectivity index (χ4n) is 2.33. The number of aliphatic carboxylic acids is 1. The number of carbonyl (C=O) groups is 1. The van der Waals surface area contributed by atoms with Gasteiger partial charge in [-0.2, -0.15) is 0 Å². The molecule has 5 heteroatoms. The standard InChI is InChI=1S/C12H25N3O2/c1-13(2)6-4-7-15-8-5-11(9-15)14(3)10-12(16)17/h11H,4-10H2,1-3H3,(H,16,17). The molecule has 1 fully saturated rings. The summed E-state index contributed by atoms with van der Waals surface area (Å²) in [6.07, 6.45) is 2.27. The minimum atomic E-state index is -0.737. The summed E-state index contributed by atoms with van der Waals surface area (Å²) in [6.45, 7) is 4.50. The predicted octanol–water partition coefficient (Wildman–Crippen LogP) is 0.0288. The van der Waals surface area contributed by atoms with Gasteiger partial charge in [-0.25, -0.2) is 0 Å². The van der Waals surface area contributed by atoms with Crippen molar-refractivity contribution < 1.29 is 9.90 Å². The number of rotatable bonds is 7. The third kappa shape index (κ3) is 5.48. The van der Waals surface area contributed by atoms with Crippen molar-refractivity contribution in [2.45, 2.75) is 18.9 Å². The quantitative estimate of drug-likeness (QED) is 0.683. The van der Waals surface area contributed by atoms with Gasteiger partial charge in [0.2, 0.25) is 0 Å². The van der Waals surface area contributed by atoms with Crippen LogP contribution >= 0.6 is 0 Å². The molecule has 1 aliphatic rings. The van der Waals surface area contributed by atoms with Gasteiger partial charge < -0.3 is 14.9 Å². The average Bonchev–Trinajstić information content (AvgIpc) is 2.64. The Morgan fingerprint density at radius 2 is 2.12 bits per heavy atom. The molecule has 0 aromatic carbocycles. The van der Waals surface area contributed by atoms with E-state index in [1.807, 2.05) is 11.9 Å². The van der Waals surface area contributed by atoms with Crippen LogP contribution in [0, 0.1) is 0 Å². The molecule has 17 heavy (non-hydrogen) atoms. The highest BCUT2D eigenvalue weighted by atomic mass is 16.4. The van der Waals surface area contributed by atoms with Crippen LogP contribution in [0.3, 0.4) is 0 Å². The van der Waals surface area contributed by atoms with Gasteiger partial charge in [0.05, 0.1) is 6.54 Å². The normalized spacial score (nSPS) is 21.6. The Kier molecular flexibility index (Phi) is 5.88. The number of hydrogen-bond acceptors (Lipinski definition) is 4. The van der Waals surface area contributed by atoms with Crippen molar-refractivity contribution >= 4 is 5.97 Å². The molecule has 1 unspecified atom stereocenters. The number of carboxylic acids is 1. The van der Waals surface area contributed by atoms with E-state index in [0.717, 1.165) is 32.6 Å². The molecule has 0 saturated carbocycles. The zero-order valence-corrected chi connectivity index (χ0v) is 11.2. The molecule has 100 valence electrons. The third-order valence-corrected chi connectivity index (χ3v) is 3.34. The Morgan fingerprint density at radius 3 is 2.71 bits per heavy atom. The molecule has 0 aromatic heterocycles. The minimum absolute atomic E-state index is 0.149. The first kappa shape index (κ1) is 14.4. The monoisotopic (exact) mass is 243 g/mol. The molecule has 1 rings (SSSR count). The minimum Gasteiger partial charge on any atom is -0.480 e. The van der Waals surface area contributed by atoms with Gasteiger partial charge in [0, 0.05) is 12.6 Å². The zero-order chi connectivity index (χ0) is 12.8. The Balaban J connectivity index is 2.20. The van der Waals surface area contributed by atoms with Gasteiger partial charge in [-0.1, -0.05) is 0 Å². The fraction of sp³-hybridized carbons (Fsp3) is 0.917. The first-order chi connectivity index (χ1) is 7.99. The molecule has 1 aliphatic heterocycles. The van der Waals surface area contributed by atoms with Crippen LogP contribution in [0.2, 0.25) is 0 Å². The van der Waals surface area contributed by atoms with Crippen LogP contribution in [0.15, 0.2) is 0 Å². The summed E-state index contributed by atoms with van der Waals surface area (Å²) in [6, 6.07) is 0.408. The number of nitrogens with zero attached hydrogens (tertiary/aromatic N) is 3. The largest absolute Gasteiger partial charge is 0.480 e. The number of carboxylic acid groups (broad SMARTS) is 1. The van der Waals surface area contributed by atoms with Gasteiger partial charge in [0.1, 0.15) is 0 Å². The molecule has 0 bridgehead atoms. The van der Waals surface area contributed by atoms with Crippen LogP contribution in [0.1, 0.15) is 12.8 Å². The van der Waals surface area contributed by atoms with Crippen LogP contribution in [-0.4, -0.2) is 85.7 Å². The number of likely N-dealkylation sites (N-methyl/N-ethyl adjacent to an activating group) is 1. The predicted molar refractivity (Wildman–Crippen MR) is 68.3 cm³/mol. The van der Waals surface area contributed by atoms with Crippen LogP contribution < -0.4 is 0 Å². The van der Waals surface area contributed by atoms with Gasteiger partial charge >= 0.3 is 5.97 Å². The topological polar surface area (TPSA) is 47.0 Å². The third-order valence-electron chi connectivity index (χ3n) is 3.34. The van der Waals surface area contributed by atoms with Gasteiger partial charge in [-0.15, -0.1) is 0 Å². The molecule has 1 heterocycles. The lowest BCUT2D eigenvalue weighted by Crippen LogP contribution is -2.38. The van der Waals surface area contributed by atoms with E-state index < -0.39 is 5.97 Å². The van der Waals surface area contributed by atoms with Gasteiger partial charge in [-0.05, 0) is 53.6 Å². The Bertz CT molecular complexity index is 246. The summed E-state index contributed by atoms with van der Waals surface area (Å²) < 4.78 is 0. The van der Waals surface area contributed by atoms with Crippen molar-refractivity contribution in [1.82, 2.24) is 14.7 Å². The SMILES string of the molecule is CN(C)CCCN1CCC(N(C)CC(=O)O)C1. The van der Waals surface area contributed by atoms with E-state index >= 15 is 0 Å². The summed E-state index contributed by atoms with van der Waals surface area (Å²) in [5, 5.41) is 8.75. The Morgan fingerprint density at radius 1 is 1.41 bits per heavy atom. The van der Waals surface area contributed by atoms with Crippen molar-refractivity contribution in [3.8, 4) is 0 Å². The molecule has 0 radical (unpaired) electrons. The second kappa shape index (κ2) is 6.93. The molecular weight excluding hydrogens is 218 g/mol. The van der Waals surface area contributed by atoms with Gasteiger partial charge in [-0.3, -0.25) is 9.69 Å². The van der Waals surface area contributed by atoms with E-state index in [1.54, 1.807) is 0 Å². The lowest BCUT2D eigenvalue weighted by Gasteiger charge is -2.23. The van der Waals surface area contributed by atoms with Crippen molar-refractivity contribution in [3.05, 3.63) is 0 Å². The summed E-state index contributed by atoms with van der Waals surface area (Å²) in [5.41, 5.74) is 0. The maximum atomic E-state index is 10.6. The summed E-state index contributed by atoms with van der Waals surface area (Å²) in [5.74, 6) is -0.737. The van der Waals surface area contributed by atoms with Gasteiger partial charge in [0.25, 0.3) is 0 Å². The van der Waals surface area contributed by atoms with Crippen molar-refractivity contribution in [1.29, 1.82) is 0 Å². The molecule has 1 atom stereocenters. The molecule has 0 amide bonds. The van der Waals surface area contributed by atoms with Crippen molar-refractivity contribution in [3.63, 3.8) is 0 Å². The second-order valence-electron chi connectivity index (χ2n) is 5.21. The van der Waals surface area contributed by atoms with E-state index in [1.165, 1.54) is 6.42 Å². The summed E-state index contributed by atoms with van der Waals surface area (Å²) >= 11 is 0. The van der Waals surface area contributed by atoms with E-state index in [-0.39, 0.29) is 6.54 Å². The maximum Gasteiger partial charge on any atom is 0.317 e. The van der Waals surface area contributed by atoms with Crippen LogP contribution in [0.5, 0.6) is 0 Å². The number of hydrogen-bond donors (Lipinski definition) is 1. The lowest BCUT2D eigenvalue weighted by molar-refractivity contribution is -0.138. The van der Waals surface area contributed by atoms with Crippen molar-refractivity contribution in [2.24, 2.45) is 0 Å². The average molecular weight is 243 g/mol. The van der Waals surface area contributed by atoms with Gasteiger partial charge in [0.15, 0.2) is 0 Å². The Labute approximate surface area is 104 Å². The van der Waals surface area contributed by atoms with Crippen LogP contribution in [-0.2, 0) is 4.79 Å². The van der Waals surface area contributed by atoms with Crippen LogP contribution in [0.25, 0.3) is 0 Å². The smallest absolute Gasteiger partial charge is 0.317 e. The van der Waals surface area contributed by atoms with E-state index in [0.29, 0.717) is 6.04 Å². The molecule has 1 saturated heterocycles. The maximum absolute atomic E-state index is 10.6. The Hall–Kier alpha value is -0.650. The molecule has 0 spiro atoms. The lowest BCUT2D eigenvalue weighted by atomic mass is 10.2. The molecule has 1 N–H and O–H groups in total.